The maximum atomic E-state index is 4.40. The van der Waals surface area contributed by atoms with E-state index < -0.39 is 0 Å². The molecule has 1 aliphatic rings. The zero-order valence-electron chi connectivity index (χ0n) is 13.3. The lowest BCUT2D eigenvalue weighted by atomic mass is 9.87. The van der Waals surface area contributed by atoms with E-state index in [0.29, 0.717) is 12.0 Å². The summed E-state index contributed by atoms with van der Waals surface area (Å²) in [5.41, 5.74) is 0.416. The second kappa shape index (κ2) is 5.81. The molecule has 0 spiro atoms. The van der Waals surface area contributed by atoms with E-state index in [-0.39, 0.29) is 0 Å². The van der Waals surface area contributed by atoms with E-state index in [2.05, 4.69) is 39.3 Å². The highest BCUT2D eigenvalue weighted by molar-refractivity contribution is 5.80. The fourth-order valence-electron chi connectivity index (χ4n) is 2.59. The van der Waals surface area contributed by atoms with Crippen LogP contribution in [-0.4, -0.2) is 45.8 Å². The lowest BCUT2D eigenvalue weighted by molar-refractivity contribution is 0.322. The molecule has 0 aliphatic carbocycles. The Morgan fingerprint density at radius 3 is 2.70 bits per heavy atom. The summed E-state index contributed by atoms with van der Waals surface area (Å²) in [5.74, 6) is 2.82. The molecular formula is C14H26N6. The highest BCUT2D eigenvalue weighted by Crippen LogP contribution is 2.32. The van der Waals surface area contributed by atoms with Crippen molar-refractivity contribution in [2.75, 3.05) is 20.1 Å². The van der Waals surface area contributed by atoms with E-state index in [0.717, 1.165) is 30.7 Å². The SMILES string of the molecule is CCC1(C)CCN(C(=NC)NCc2nnc(C)n2C)C1. The van der Waals surface area contributed by atoms with Crippen molar-refractivity contribution in [2.45, 2.75) is 40.2 Å². The molecule has 1 aromatic rings. The molecule has 1 aromatic heterocycles. The third kappa shape index (κ3) is 2.94. The molecule has 112 valence electrons. The van der Waals surface area contributed by atoms with Gasteiger partial charge in [-0.2, -0.15) is 0 Å². The van der Waals surface area contributed by atoms with Crippen molar-refractivity contribution < 1.29 is 0 Å². The summed E-state index contributed by atoms with van der Waals surface area (Å²) in [6, 6.07) is 0. The number of guanidine groups is 1. The van der Waals surface area contributed by atoms with Crippen LogP contribution in [0.4, 0.5) is 0 Å². The Labute approximate surface area is 121 Å². The maximum Gasteiger partial charge on any atom is 0.194 e. The molecule has 0 bridgehead atoms. The molecule has 1 atom stereocenters. The van der Waals surface area contributed by atoms with Gasteiger partial charge in [0, 0.05) is 27.2 Å². The number of aryl methyl sites for hydroxylation is 1. The monoisotopic (exact) mass is 278 g/mol. The van der Waals surface area contributed by atoms with Crippen LogP contribution in [0.25, 0.3) is 0 Å². The number of rotatable bonds is 3. The van der Waals surface area contributed by atoms with Crippen molar-refractivity contribution in [3.05, 3.63) is 11.6 Å². The molecular weight excluding hydrogens is 252 g/mol. The molecule has 0 amide bonds. The summed E-state index contributed by atoms with van der Waals surface area (Å²) >= 11 is 0. The maximum absolute atomic E-state index is 4.40. The van der Waals surface area contributed by atoms with Gasteiger partial charge in [0.2, 0.25) is 0 Å². The highest BCUT2D eigenvalue weighted by atomic mass is 15.3. The summed E-state index contributed by atoms with van der Waals surface area (Å²) in [7, 11) is 3.82. The zero-order chi connectivity index (χ0) is 14.8. The lowest BCUT2D eigenvalue weighted by Crippen LogP contribution is -2.41. The molecule has 1 N–H and O–H groups in total. The van der Waals surface area contributed by atoms with Crippen molar-refractivity contribution in [1.29, 1.82) is 0 Å². The number of hydrogen-bond acceptors (Lipinski definition) is 3. The molecule has 0 aromatic carbocycles. The number of hydrogen-bond donors (Lipinski definition) is 1. The number of aromatic nitrogens is 3. The summed E-state index contributed by atoms with van der Waals surface area (Å²) in [6.07, 6.45) is 2.44. The molecule has 1 saturated heterocycles. The normalized spacial score (nSPS) is 23.4. The summed E-state index contributed by atoms with van der Waals surface area (Å²) in [5, 5.41) is 11.6. The van der Waals surface area contributed by atoms with E-state index in [1.165, 1.54) is 12.8 Å². The van der Waals surface area contributed by atoms with Gasteiger partial charge in [-0.15, -0.1) is 10.2 Å². The van der Waals surface area contributed by atoms with Gasteiger partial charge in [-0.25, -0.2) is 0 Å². The predicted molar refractivity (Wildman–Crippen MR) is 80.5 cm³/mol. The number of nitrogens with one attached hydrogen (secondary N) is 1. The van der Waals surface area contributed by atoms with Gasteiger partial charge >= 0.3 is 0 Å². The second-order valence-electron chi connectivity index (χ2n) is 5.96. The van der Waals surface area contributed by atoms with Gasteiger partial charge < -0.3 is 14.8 Å². The van der Waals surface area contributed by atoms with Crippen molar-refractivity contribution in [1.82, 2.24) is 25.0 Å². The summed E-state index contributed by atoms with van der Waals surface area (Å²) < 4.78 is 2.00. The van der Waals surface area contributed by atoms with E-state index in [1.807, 2.05) is 25.6 Å². The average molecular weight is 278 g/mol. The van der Waals surface area contributed by atoms with E-state index in [4.69, 9.17) is 0 Å². The quantitative estimate of drug-likeness (QED) is 0.669. The molecule has 1 unspecified atom stereocenters. The number of likely N-dealkylation sites (tertiary alicyclic amines) is 1. The summed E-state index contributed by atoms with van der Waals surface area (Å²) in [4.78, 5) is 6.74. The first-order chi connectivity index (χ1) is 9.49. The van der Waals surface area contributed by atoms with Crippen LogP contribution in [0.5, 0.6) is 0 Å². The molecule has 0 radical (unpaired) electrons. The van der Waals surface area contributed by atoms with Crippen LogP contribution in [-0.2, 0) is 13.6 Å². The minimum Gasteiger partial charge on any atom is -0.349 e. The van der Waals surface area contributed by atoms with Crippen LogP contribution in [0.1, 0.15) is 38.3 Å². The fraction of sp³-hybridized carbons (Fsp3) is 0.786. The Kier molecular flexibility index (Phi) is 4.30. The standard InChI is InChI=1S/C14H26N6/c1-6-14(3)7-8-20(10-14)13(15-4)16-9-12-18-17-11(2)19(12)5/h6-10H2,1-5H3,(H,15,16). The largest absolute Gasteiger partial charge is 0.349 e. The predicted octanol–water partition coefficient (Wildman–Crippen LogP) is 1.32. The molecule has 20 heavy (non-hydrogen) atoms. The lowest BCUT2D eigenvalue weighted by Gasteiger charge is -2.25. The Bertz CT molecular complexity index is 492. The molecule has 1 fully saturated rings. The van der Waals surface area contributed by atoms with Gasteiger partial charge in [0.1, 0.15) is 5.82 Å². The molecule has 0 saturated carbocycles. The zero-order valence-corrected chi connectivity index (χ0v) is 13.3. The van der Waals surface area contributed by atoms with Crippen LogP contribution in [0, 0.1) is 12.3 Å². The fourth-order valence-corrected chi connectivity index (χ4v) is 2.59. The van der Waals surface area contributed by atoms with Gasteiger partial charge in [0.25, 0.3) is 0 Å². The van der Waals surface area contributed by atoms with Crippen molar-refractivity contribution in [2.24, 2.45) is 17.5 Å². The topological polar surface area (TPSA) is 58.3 Å². The van der Waals surface area contributed by atoms with Gasteiger partial charge in [-0.1, -0.05) is 13.8 Å². The summed E-state index contributed by atoms with van der Waals surface area (Å²) in [6.45, 7) is 9.37. The van der Waals surface area contributed by atoms with Crippen LogP contribution < -0.4 is 5.32 Å². The Balaban J connectivity index is 1.96. The number of nitrogens with zero attached hydrogens (tertiary/aromatic N) is 5. The number of aliphatic imine (C=N–C) groups is 1. The Morgan fingerprint density at radius 1 is 1.45 bits per heavy atom. The van der Waals surface area contributed by atoms with Crippen molar-refractivity contribution >= 4 is 5.96 Å². The molecule has 6 nitrogen and oxygen atoms in total. The van der Waals surface area contributed by atoms with Crippen LogP contribution in [0.2, 0.25) is 0 Å². The second-order valence-corrected chi connectivity index (χ2v) is 5.96. The van der Waals surface area contributed by atoms with E-state index in [9.17, 15) is 0 Å². The first kappa shape index (κ1) is 14.8. The van der Waals surface area contributed by atoms with Crippen LogP contribution in [0.15, 0.2) is 4.99 Å². The Hall–Kier alpha value is -1.59. The van der Waals surface area contributed by atoms with Gasteiger partial charge in [-0.05, 0) is 25.2 Å². The Morgan fingerprint density at radius 2 is 2.20 bits per heavy atom. The highest BCUT2D eigenvalue weighted by Gasteiger charge is 2.33. The van der Waals surface area contributed by atoms with Crippen molar-refractivity contribution in [3.63, 3.8) is 0 Å². The minimum atomic E-state index is 0.416. The molecule has 2 rings (SSSR count). The third-order valence-corrected chi connectivity index (χ3v) is 4.51. The minimum absolute atomic E-state index is 0.416. The smallest absolute Gasteiger partial charge is 0.194 e. The van der Waals surface area contributed by atoms with Crippen molar-refractivity contribution in [3.8, 4) is 0 Å². The van der Waals surface area contributed by atoms with Gasteiger partial charge in [0.05, 0.1) is 6.54 Å². The van der Waals surface area contributed by atoms with Gasteiger partial charge in [0.15, 0.2) is 11.8 Å². The third-order valence-electron chi connectivity index (χ3n) is 4.51. The first-order valence-electron chi connectivity index (χ1n) is 7.29. The average Bonchev–Trinajstić information content (AvgIpc) is 2.98. The molecule has 6 heteroatoms. The van der Waals surface area contributed by atoms with Gasteiger partial charge in [-0.3, -0.25) is 4.99 Å². The van der Waals surface area contributed by atoms with Crippen LogP contribution >= 0.6 is 0 Å². The van der Waals surface area contributed by atoms with E-state index in [1.54, 1.807) is 0 Å². The first-order valence-corrected chi connectivity index (χ1v) is 7.29. The van der Waals surface area contributed by atoms with Crippen LogP contribution in [0.3, 0.4) is 0 Å². The van der Waals surface area contributed by atoms with E-state index >= 15 is 0 Å². The molecule has 2 heterocycles. The molecule has 1 aliphatic heterocycles.